The van der Waals surface area contributed by atoms with Crippen molar-refractivity contribution < 1.29 is 0 Å². The van der Waals surface area contributed by atoms with Crippen LogP contribution >= 0.6 is 11.3 Å². The maximum absolute atomic E-state index is 2.36. The highest BCUT2D eigenvalue weighted by atomic mass is 32.1. The third-order valence-corrected chi connectivity index (χ3v) is 5.37. The number of hydrogen-bond acceptors (Lipinski definition) is 2. The van der Waals surface area contributed by atoms with Gasteiger partial charge in [0.15, 0.2) is 0 Å². The van der Waals surface area contributed by atoms with Crippen LogP contribution in [0.2, 0.25) is 0 Å². The van der Waals surface area contributed by atoms with Gasteiger partial charge in [-0.15, -0.1) is 11.3 Å². The van der Waals surface area contributed by atoms with Crippen molar-refractivity contribution in [1.82, 2.24) is 0 Å². The molecule has 22 heavy (non-hydrogen) atoms. The highest BCUT2D eigenvalue weighted by Gasteiger charge is 2.09. The van der Waals surface area contributed by atoms with E-state index in [1.165, 1.54) is 37.3 Å². The molecular formula is C20H23NS. The second-order valence-corrected chi connectivity index (χ2v) is 7.54. The first-order valence-corrected chi connectivity index (χ1v) is 8.59. The monoisotopic (exact) mass is 309 g/mol. The van der Waals surface area contributed by atoms with Gasteiger partial charge < -0.3 is 4.90 Å². The van der Waals surface area contributed by atoms with Gasteiger partial charge in [-0.1, -0.05) is 26.0 Å². The first kappa shape index (κ1) is 15.1. The van der Waals surface area contributed by atoms with E-state index >= 15 is 0 Å². The van der Waals surface area contributed by atoms with Gasteiger partial charge in [0, 0.05) is 29.4 Å². The zero-order valence-corrected chi connectivity index (χ0v) is 14.8. The van der Waals surface area contributed by atoms with E-state index in [0.717, 1.165) is 0 Å². The van der Waals surface area contributed by atoms with Crippen molar-refractivity contribution in [3.05, 3.63) is 53.6 Å². The van der Waals surface area contributed by atoms with Crippen molar-refractivity contribution in [2.45, 2.75) is 26.7 Å². The topological polar surface area (TPSA) is 3.24 Å². The molecule has 0 saturated heterocycles. The molecule has 1 nitrogen and oxygen atoms in total. The summed E-state index contributed by atoms with van der Waals surface area (Å²) in [7, 11) is 4.17. The lowest BCUT2D eigenvalue weighted by Crippen LogP contribution is -2.07. The van der Waals surface area contributed by atoms with E-state index in [4.69, 9.17) is 0 Å². The maximum atomic E-state index is 2.36. The lowest BCUT2D eigenvalue weighted by molar-refractivity contribution is 0.857. The fraction of sp³-hybridized carbons (Fsp3) is 0.300. The number of benzene rings is 2. The molecule has 0 bridgehead atoms. The maximum Gasteiger partial charge on any atom is 0.0368 e. The molecule has 0 aliphatic heterocycles. The molecule has 1 aromatic heterocycles. The minimum atomic E-state index is 0.565. The van der Waals surface area contributed by atoms with Gasteiger partial charge in [0.1, 0.15) is 0 Å². The standard InChI is InChI=1S/C20H23NS/c1-13(2)18-11-15(7-6-14(18)3)20-12-16-10-17(21(4)5)8-9-19(16)22-20/h6-13H,1-5H3. The van der Waals surface area contributed by atoms with Gasteiger partial charge in [-0.25, -0.2) is 0 Å². The summed E-state index contributed by atoms with van der Waals surface area (Å²) >= 11 is 1.88. The van der Waals surface area contributed by atoms with E-state index in [1.807, 2.05) is 11.3 Å². The fourth-order valence-electron chi connectivity index (χ4n) is 2.87. The summed E-state index contributed by atoms with van der Waals surface area (Å²) in [4.78, 5) is 3.51. The van der Waals surface area contributed by atoms with Crippen LogP contribution in [0, 0.1) is 6.92 Å². The van der Waals surface area contributed by atoms with Gasteiger partial charge in [0.25, 0.3) is 0 Å². The molecule has 0 aliphatic rings. The fourth-order valence-corrected chi connectivity index (χ4v) is 3.91. The summed E-state index contributed by atoms with van der Waals surface area (Å²) in [5.41, 5.74) is 5.42. The lowest BCUT2D eigenvalue weighted by Gasteiger charge is -2.11. The van der Waals surface area contributed by atoms with Crippen LogP contribution in [0.5, 0.6) is 0 Å². The van der Waals surface area contributed by atoms with Crippen LogP contribution < -0.4 is 4.90 Å². The number of thiophene rings is 1. The van der Waals surface area contributed by atoms with Crippen molar-refractivity contribution >= 4 is 27.1 Å². The summed E-state index contributed by atoms with van der Waals surface area (Å²) in [6.45, 7) is 6.73. The molecular weight excluding hydrogens is 286 g/mol. The molecule has 3 rings (SSSR count). The zero-order chi connectivity index (χ0) is 15.9. The average Bonchev–Trinajstić information content (AvgIpc) is 2.90. The Morgan fingerprint density at radius 2 is 1.73 bits per heavy atom. The molecule has 0 unspecified atom stereocenters. The summed E-state index contributed by atoms with van der Waals surface area (Å²) in [6.07, 6.45) is 0. The Labute approximate surface area is 137 Å². The van der Waals surface area contributed by atoms with E-state index in [2.05, 4.69) is 82.2 Å². The van der Waals surface area contributed by atoms with Crippen LogP contribution in [-0.2, 0) is 0 Å². The predicted molar refractivity (Wildman–Crippen MR) is 100 cm³/mol. The first-order chi connectivity index (χ1) is 10.5. The Kier molecular flexibility index (Phi) is 3.96. The second kappa shape index (κ2) is 5.77. The SMILES string of the molecule is Cc1ccc(-c2cc3cc(N(C)C)ccc3s2)cc1C(C)C. The molecule has 0 saturated carbocycles. The lowest BCUT2D eigenvalue weighted by atomic mass is 9.95. The minimum absolute atomic E-state index is 0.565. The normalized spacial score (nSPS) is 11.4. The third-order valence-electron chi connectivity index (χ3n) is 4.20. The van der Waals surface area contributed by atoms with E-state index in [9.17, 15) is 0 Å². The average molecular weight is 309 g/mol. The Hall–Kier alpha value is -1.80. The number of fused-ring (bicyclic) bond motifs is 1. The molecule has 2 heteroatoms. The van der Waals surface area contributed by atoms with Crippen LogP contribution in [0.4, 0.5) is 5.69 Å². The second-order valence-electron chi connectivity index (χ2n) is 6.45. The molecule has 2 aromatic carbocycles. The van der Waals surface area contributed by atoms with Crippen LogP contribution in [0.25, 0.3) is 20.5 Å². The third kappa shape index (κ3) is 2.76. The predicted octanol–water partition coefficient (Wildman–Crippen LogP) is 6.07. The quantitative estimate of drug-likeness (QED) is 0.568. The van der Waals surface area contributed by atoms with Crippen LogP contribution in [0.1, 0.15) is 30.9 Å². The Balaban J connectivity index is 2.08. The Bertz CT molecular complexity index is 812. The summed E-state index contributed by atoms with van der Waals surface area (Å²) in [5, 5.41) is 1.33. The Morgan fingerprint density at radius 3 is 2.41 bits per heavy atom. The van der Waals surface area contributed by atoms with E-state index in [0.29, 0.717) is 5.92 Å². The van der Waals surface area contributed by atoms with Crippen LogP contribution in [0.15, 0.2) is 42.5 Å². The molecule has 3 aromatic rings. The van der Waals surface area contributed by atoms with E-state index in [1.54, 1.807) is 0 Å². The van der Waals surface area contributed by atoms with Crippen molar-refractivity contribution in [2.24, 2.45) is 0 Å². The summed E-state index contributed by atoms with van der Waals surface area (Å²) in [5.74, 6) is 0.565. The van der Waals surface area contributed by atoms with Gasteiger partial charge in [0.2, 0.25) is 0 Å². The number of nitrogens with zero attached hydrogens (tertiary/aromatic N) is 1. The van der Waals surface area contributed by atoms with Crippen molar-refractivity contribution in [1.29, 1.82) is 0 Å². The van der Waals surface area contributed by atoms with Crippen molar-refractivity contribution in [3.8, 4) is 10.4 Å². The largest absolute Gasteiger partial charge is 0.378 e. The van der Waals surface area contributed by atoms with E-state index in [-0.39, 0.29) is 0 Å². The van der Waals surface area contributed by atoms with Gasteiger partial charge >= 0.3 is 0 Å². The molecule has 1 heterocycles. The summed E-state index contributed by atoms with van der Waals surface area (Å²) < 4.78 is 1.35. The van der Waals surface area contributed by atoms with Crippen LogP contribution in [0.3, 0.4) is 0 Å². The zero-order valence-electron chi connectivity index (χ0n) is 14.0. The van der Waals surface area contributed by atoms with Crippen molar-refractivity contribution in [3.63, 3.8) is 0 Å². The highest BCUT2D eigenvalue weighted by Crippen LogP contribution is 2.36. The molecule has 0 radical (unpaired) electrons. The molecule has 0 atom stereocenters. The van der Waals surface area contributed by atoms with Gasteiger partial charge in [-0.3, -0.25) is 0 Å². The molecule has 0 amide bonds. The summed E-state index contributed by atoms with van der Waals surface area (Å²) in [6, 6.07) is 15.9. The van der Waals surface area contributed by atoms with Gasteiger partial charge in [-0.05, 0) is 65.3 Å². The van der Waals surface area contributed by atoms with Gasteiger partial charge in [0.05, 0.1) is 0 Å². The molecule has 0 N–H and O–H groups in total. The number of aryl methyl sites for hydroxylation is 1. The molecule has 0 fully saturated rings. The van der Waals surface area contributed by atoms with Gasteiger partial charge in [-0.2, -0.15) is 0 Å². The number of rotatable bonds is 3. The smallest absolute Gasteiger partial charge is 0.0368 e. The van der Waals surface area contributed by atoms with E-state index < -0.39 is 0 Å². The van der Waals surface area contributed by atoms with Crippen molar-refractivity contribution in [2.75, 3.05) is 19.0 Å². The van der Waals surface area contributed by atoms with Crippen LogP contribution in [-0.4, -0.2) is 14.1 Å². The molecule has 0 aliphatic carbocycles. The Morgan fingerprint density at radius 1 is 0.955 bits per heavy atom. The highest BCUT2D eigenvalue weighted by molar-refractivity contribution is 7.22. The molecule has 114 valence electrons. The number of anilines is 1. The number of hydrogen-bond donors (Lipinski definition) is 0. The minimum Gasteiger partial charge on any atom is -0.378 e. The molecule has 0 spiro atoms. The first-order valence-electron chi connectivity index (χ1n) is 7.77.